The Hall–Kier alpha value is -3.45. The number of hydrazone groups is 1. The summed E-state index contributed by atoms with van der Waals surface area (Å²) in [6.07, 6.45) is 1.24. The highest BCUT2D eigenvalue weighted by molar-refractivity contribution is 5.84. The van der Waals surface area contributed by atoms with Gasteiger partial charge in [-0.3, -0.25) is 4.79 Å². The van der Waals surface area contributed by atoms with E-state index in [0.29, 0.717) is 6.61 Å². The maximum Gasteiger partial charge on any atom is 0.240 e. The lowest BCUT2D eigenvalue weighted by atomic mass is 10.0. The number of benzene rings is 2. The molecule has 0 aliphatic rings. The standard InChI is InChI=1S/C25H28FN3O3/c1-4-32-23-10-8-19(9-11-23)24(30)12-13-25(31)28-27-16-20-14-17(2)29(18(20)3)22-7-5-6-21(26)15-22/h5-11,14-16,24,30H,4,12-13H2,1-3H3,(H,28,31)/b27-16-/t24-/m1/s1. The van der Waals surface area contributed by atoms with E-state index in [2.05, 4.69) is 10.5 Å². The summed E-state index contributed by atoms with van der Waals surface area (Å²) >= 11 is 0. The zero-order valence-electron chi connectivity index (χ0n) is 18.5. The van der Waals surface area contributed by atoms with Gasteiger partial charge in [0.2, 0.25) is 5.91 Å². The summed E-state index contributed by atoms with van der Waals surface area (Å²) in [5.74, 6) is 0.155. The van der Waals surface area contributed by atoms with Gasteiger partial charge in [0.25, 0.3) is 0 Å². The van der Waals surface area contributed by atoms with Crippen LogP contribution in [0.2, 0.25) is 0 Å². The number of aryl methyl sites for hydroxylation is 1. The normalized spacial score (nSPS) is 12.2. The first kappa shape index (κ1) is 23.2. The van der Waals surface area contributed by atoms with Crippen molar-refractivity contribution in [2.75, 3.05) is 6.61 Å². The van der Waals surface area contributed by atoms with Crippen molar-refractivity contribution < 1.29 is 19.0 Å². The zero-order valence-corrected chi connectivity index (χ0v) is 18.5. The highest BCUT2D eigenvalue weighted by Crippen LogP contribution is 2.22. The van der Waals surface area contributed by atoms with Crippen molar-refractivity contribution >= 4 is 12.1 Å². The first-order chi connectivity index (χ1) is 15.4. The van der Waals surface area contributed by atoms with Crippen molar-refractivity contribution in [3.05, 3.63) is 82.9 Å². The molecule has 0 aliphatic carbocycles. The molecule has 0 aliphatic heterocycles. The average molecular weight is 438 g/mol. The number of aromatic nitrogens is 1. The van der Waals surface area contributed by atoms with Crippen molar-refractivity contribution in [1.82, 2.24) is 9.99 Å². The molecular formula is C25H28FN3O3. The van der Waals surface area contributed by atoms with Crippen molar-refractivity contribution in [2.24, 2.45) is 5.10 Å². The third-order valence-corrected chi connectivity index (χ3v) is 5.15. The number of ether oxygens (including phenoxy) is 1. The smallest absolute Gasteiger partial charge is 0.240 e. The van der Waals surface area contributed by atoms with E-state index in [9.17, 15) is 14.3 Å². The van der Waals surface area contributed by atoms with Crippen LogP contribution < -0.4 is 10.2 Å². The van der Waals surface area contributed by atoms with E-state index in [1.807, 2.05) is 37.5 Å². The van der Waals surface area contributed by atoms with Gasteiger partial charge in [-0.05, 0) is 69.2 Å². The summed E-state index contributed by atoms with van der Waals surface area (Å²) in [7, 11) is 0. The first-order valence-electron chi connectivity index (χ1n) is 10.6. The minimum absolute atomic E-state index is 0.133. The predicted molar refractivity (Wildman–Crippen MR) is 123 cm³/mol. The lowest BCUT2D eigenvalue weighted by molar-refractivity contribution is -0.121. The molecule has 3 rings (SSSR count). The third kappa shape index (κ3) is 5.82. The second kappa shape index (κ2) is 10.7. The van der Waals surface area contributed by atoms with Crippen molar-refractivity contribution in [2.45, 2.75) is 39.7 Å². The van der Waals surface area contributed by atoms with Crippen LogP contribution in [0.4, 0.5) is 4.39 Å². The Morgan fingerprint density at radius 3 is 2.66 bits per heavy atom. The number of nitrogens with zero attached hydrogens (tertiary/aromatic N) is 2. The van der Waals surface area contributed by atoms with Crippen LogP contribution in [0.3, 0.4) is 0 Å². The Morgan fingerprint density at radius 1 is 1.22 bits per heavy atom. The highest BCUT2D eigenvalue weighted by atomic mass is 19.1. The molecule has 1 atom stereocenters. The molecule has 2 aromatic carbocycles. The fraction of sp³-hybridized carbons (Fsp3) is 0.280. The van der Waals surface area contributed by atoms with Gasteiger partial charge in [0.15, 0.2) is 0 Å². The Labute approximate surface area is 187 Å². The molecule has 1 amide bonds. The number of hydrogen-bond donors (Lipinski definition) is 2. The number of nitrogens with one attached hydrogen (secondary N) is 1. The molecule has 0 spiro atoms. The second-order valence-electron chi connectivity index (χ2n) is 7.49. The molecule has 1 heterocycles. The summed E-state index contributed by atoms with van der Waals surface area (Å²) < 4.78 is 20.9. The number of aliphatic hydroxyl groups is 1. The lowest BCUT2D eigenvalue weighted by Crippen LogP contribution is -2.18. The molecule has 0 unspecified atom stereocenters. The predicted octanol–water partition coefficient (Wildman–Crippen LogP) is 4.60. The van der Waals surface area contributed by atoms with Gasteiger partial charge in [-0.25, -0.2) is 9.82 Å². The summed E-state index contributed by atoms with van der Waals surface area (Å²) in [6, 6.07) is 15.5. The van der Waals surface area contributed by atoms with Crippen molar-refractivity contribution in [1.29, 1.82) is 0 Å². The molecule has 0 saturated carbocycles. The van der Waals surface area contributed by atoms with E-state index in [0.717, 1.165) is 34.0 Å². The Morgan fingerprint density at radius 2 is 1.97 bits per heavy atom. The van der Waals surface area contributed by atoms with E-state index in [1.54, 1.807) is 36.5 Å². The van der Waals surface area contributed by atoms with Crippen LogP contribution in [0.5, 0.6) is 5.75 Å². The first-order valence-corrected chi connectivity index (χ1v) is 10.6. The topological polar surface area (TPSA) is 75.8 Å². The van der Waals surface area contributed by atoms with Gasteiger partial charge in [0.1, 0.15) is 11.6 Å². The van der Waals surface area contributed by atoms with Crippen molar-refractivity contribution in [3.63, 3.8) is 0 Å². The summed E-state index contributed by atoms with van der Waals surface area (Å²) in [5, 5.41) is 14.3. The van der Waals surface area contributed by atoms with Gasteiger partial charge in [-0.2, -0.15) is 5.10 Å². The number of halogens is 1. The molecular weight excluding hydrogens is 409 g/mol. The van der Waals surface area contributed by atoms with Gasteiger partial charge < -0.3 is 14.4 Å². The molecule has 2 N–H and O–H groups in total. The van der Waals surface area contributed by atoms with E-state index in [-0.39, 0.29) is 24.6 Å². The van der Waals surface area contributed by atoms with Gasteiger partial charge in [0, 0.05) is 29.1 Å². The largest absolute Gasteiger partial charge is 0.494 e. The van der Waals surface area contributed by atoms with Crippen LogP contribution in [0, 0.1) is 19.7 Å². The number of aliphatic hydroxyl groups excluding tert-OH is 1. The molecule has 0 saturated heterocycles. The Balaban J connectivity index is 1.55. The monoisotopic (exact) mass is 437 g/mol. The number of rotatable bonds is 9. The maximum absolute atomic E-state index is 13.6. The van der Waals surface area contributed by atoms with Crippen LogP contribution in [-0.2, 0) is 4.79 Å². The van der Waals surface area contributed by atoms with E-state index in [4.69, 9.17) is 4.74 Å². The molecule has 32 heavy (non-hydrogen) atoms. The SMILES string of the molecule is CCOc1ccc([C@H](O)CCC(=O)N/N=C\c2cc(C)n(-c3cccc(F)c3)c2C)cc1. The summed E-state index contributed by atoms with van der Waals surface area (Å²) in [4.78, 5) is 12.1. The van der Waals surface area contributed by atoms with E-state index < -0.39 is 6.10 Å². The zero-order chi connectivity index (χ0) is 23.1. The lowest BCUT2D eigenvalue weighted by Gasteiger charge is -2.11. The summed E-state index contributed by atoms with van der Waals surface area (Å²) in [6.45, 7) is 6.33. The van der Waals surface area contributed by atoms with E-state index >= 15 is 0 Å². The average Bonchev–Trinajstić information content (AvgIpc) is 3.05. The molecule has 0 bridgehead atoms. The van der Waals surface area contributed by atoms with Crippen molar-refractivity contribution in [3.8, 4) is 11.4 Å². The molecule has 0 fully saturated rings. The molecule has 168 valence electrons. The number of carbonyl (C=O) groups excluding carboxylic acids is 1. The minimum atomic E-state index is -0.745. The fourth-order valence-electron chi connectivity index (χ4n) is 3.55. The molecule has 1 aromatic heterocycles. The second-order valence-corrected chi connectivity index (χ2v) is 7.49. The number of carbonyl (C=O) groups is 1. The molecule has 3 aromatic rings. The van der Waals surface area contributed by atoms with Gasteiger partial charge in [-0.1, -0.05) is 18.2 Å². The number of amides is 1. The molecule has 7 heteroatoms. The van der Waals surface area contributed by atoms with Crippen LogP contribution in [0.1, 0.15) is 48.4 Å². The van der Waals surface area contributed by atoms with Crippen LogP contribution in [0.25, 0.3) is 5.69 Å². The quantitative estimate of drug-likeness (QED) is 0.380. The number of hydrogen-bond acceptors (Lipinski definition) is 4. The molecule has 6 nitrogen and oxygen atoms in total. The van der Waals surface area contributed by atoms with Gasteiger partial charge in [0.05, 0.1) is 18.9 Å². The van der Waals surface area contributed by atoms with Crippen LogP contribution in [0.15, 0.2) is 59.7 Å². The molecule has 0 radical (unpaired) electrons. The highest BCUT2D eigenvalue weighted by Gasteiger charge is 2.12. The van der Waals surface area contributed by atoms with E-state index in [1.165, 1.54) is 12.1 Å². The van der Waals surface area contributed by atoms with Gasteiger partial charge >= 0.3 is 0 Å². The van der Waals surface area contributed by atoms with Crippen LogP contribution in [-0.4, -0.2) is 28.4 Å². The minimum Gasteiger partial charge on any atom is -0.494 e. The Kier molecular flexibility index (Phi) is 7.78. The fourth-order valence-corrected chi connectivity index (χ4v) is 3.55. The summed E-state index contributed by atoms with van der Waals surface area (Å²) in [5.41, 5.74) is 6.60. The van der Waals surface area contributed by atoms with Gasteiger partial charge in [-0.15, -0.1) is 0 Å². The van der Waals surface area contributed by atoms with Crippen LogP contribution >= 0.6 is 0 Å². The Bertz CT molecular complexity index is 1090. The maximum atomic E-state index is 13.6. The third-order valence-electron chi connectivity index (χ3n) is 5.15.